The van der Waals surface area contributed by atoms with E-state index in [4.69, 9.17) is 16.3 Å². The number of para-hydroxylation sites is 1. The van der Waals surface area contributed by atoms with E-state index in [1.165, 1.54) is 0 Å². The zero-order valence-electron chi connectivity index (χ0n) is 15.2. The highest BCUT2D eigenvalue weighted by Gasteiger charge is 2.07. The van der Waals surface area contributed by atoms with E-state index in [9.17, 15) is 4.79 Å². The van der Waals surface area contributed by atoms with Crippen LogP contribution in [-0.2, 0) is 13.2 Å². The van der Waals surface area contributed by atoms with Crippen LogP contribution in [0.25, 0.3) is 0 Å². The van der Waals surface area contributed by atoms with Crippen molar-refractivity contribution in [1.29, 1.82) is 0 Å². The largest absolute Gasteiger partial charge is 0.487 e. The molecule has 0 atom stereocenters. The number of ether oxygens (including phenoxy) is 1. The van der Waals surface area contributed by atoms with Gasteiger partial charge in [-0.2, -0.15) is 5.10 Å². The van der Waals surface area contributed by atoms with Crippen molar-refractivity contribution in [3.8, 4) is 5.75 Å². The van der Waals surface area contributed by atoms with Gasteiger partial charge in [-0.05, 0) is 48.7 Å². The lowest BCUT2D eigenvalue weighted by Crippen LogP contribution is -2.25. The molecule has 0 spiro atoms. The Hall–Kier alpha value is -2.79. The lowest BCUT2D eigenvalue weighted by Gasteiger charge is -2.10. The third kappa shape index (κ3) is 5.59. The number of rotatable bonds is 8. The third-order valence-corrected chi connectivity index (χ3v) is 4.34. The van der Waals surface area contributed by atoms with Crippen LogP contribution < -0.4 is 10.1 Å². The van der Waals surface area contributed by atoms with Gasteiger partial charge in [-0.15, -0.1) is 0 Å². The van der Waals surface area contributed by atoms with E-state index < -0.39 is 0 Å². The van der Waals surface area contributed by atoms with Gasteiger partial charge in [0.25, 0.3) is 5.91 Å². The molecule has 0 radical (unpaired) electrons. The molecule has 27 heavy (non-hydrogen) atoms. The summed E-state index contributed by atoms with van der Waals surface area (Å²) < 4.78 is 7.62. The molecule has 5 nitrogen and oxygen atoms in total. The van der Waals surface area contributed by atoms with E-state index in [1.54, 1.807) is 12.1 Å². The Kier molecular flexibility index (Phi) is 6.49. The van der Waals surface area contributed by atoms with Crippen molar-refractivity contribution < 1.29 is 9.53 Å². The number of amides is 1. The fourth-order valence-corrected chi connectivity index (χ4v) is 2.85. The van der Waals surface area contributed by atoms with Gasteiger partial charge in [-0.3, -0.25) is 9.48 Å². The van der Waals surface area contributed by atoms with Crippen molar-refractivity contribution in [2.45, 2.75) is 26.5 Å². The first-order chi connectivity index (χ1) is 13.1. The number of nitrogens with zero attached hydrogens (tertiary/aromatic N) is 2. The van der Waals surface area contributed by atoms with Crippen molar-refractivity contribution in [2.24, 2.45) is 0 Å². The van der Waals surface area contributed by atoms with Crippen LogP contribution in [0.2, 0.25) is 5.02 Å². The van der Waals surface area contributed by atoms with Crippen molar-refractivity contribution in [3.63, 3.8) is 0 Å². The van der Waals surface area contributed by atoms with Gasteiger partial charge in [0.2, 0.25) is 0 Å². The average Bonchev–Trinajstić information content (AvgIpc) is 3.10. The van der Waals surface area contributed by atoms with E-state index in [2.05, 4.69) is 10.4 Å². The standard InChI is InChI=1S/C21H22ClN3O2/c1-16-13-24-25(14-16)11-5-10-23-21(26)18-7-4-6-17(12-18)15-27-20-9-3-2-8-19(20)22/h2-4,6-9,12-14H,5,10-11,15H2,1H3,(H,23,26). The molecule has 0 fully saturated rings. The second-order valence-electron chi connectivity index (χ2n) is 6.31. The lowest BCUT2D eigenvalue weighted by molar-refractivity contribution is 0.0952. The van der Waals surface area contributed by atoms with E-state index in [0.717, 1.165) is 24.1 Å². The fraction of sp³-hybridized carbons (Fsp3) is 0.238. The van der Waals surface area contributed by atoms with Gasteiger partial charge in [0.05, 0.1) is 11.2 Å². The molecular weight excluding hydrogens is 362 g/mol. The summed E-state index contributed by atoms with van der Waals surface area (Å²) in [6.07, 6.45) is 4.64. The van der Waals surface area contributed by atoms with E-state index >= 15 is 0 Å². The highest BCUT2D eigenvalue weighted by Crippen LogP contribution is 2.24. The Morgan fingerprint density at radius 3 is 2.85 bits per heavy atom. The molecule has 0 aliphatic rings. The van der Waals surface area contributed by atoms with Crippen LogP contribution in [0.5, 0.6) is 5.75 Å². The number of hydrogen-bond donors (Lipinski definition) is 1. The summed E-state index contributed by atoms with van der Waals surface area (Å²) in [5.41, 5.74) is 2.66. The molecule has 140 valence electrons. The van der Waals surface area contributed by atoms with Crippen molar-refractivity contribution >= 4 is 17.5 Å². The van der Waals surface area contributed by atoms with E-state index in [1.807, 2.05) is 60.4 Å². The molecule has 6 heteroatoms. The smallest absolute Gasteiger partial charge is 0.251 e. The summed E-state index contributed by atoms with van der Waals surface area (Å²) in [6, 6.07) is 14.7. The van der Waals surface area contributed by atoms with Gasteiger partial charge in [-0.1, -0.05) is 35.9 Å². The van der Waals surface area contributed by atoms with Crippen LogP contribution in [0.1, 0.15) is 27.9 Å². The number of nitrogens with one attached hydrogen (secondary N) is 1. The minimum atomic E-state index is -0.0914. The van der Waals surface area contributed by atoms with Gasteiger partial charge in [0, 0.05) is 24.8 Å². The first kappa shape index (κ1) is 19.0. The maximum atomic E-state index is 12.3. The maximum absolute atomic E-state index is 12.3. The predicted molar refractivity (Wildman–Crippen MR) is 106 cm³/mol. The minimum Gasteiger partial charge on any atom is -0.487 e. The highest BCUT2D eigenvalue weighted by atomic mass is 35.5. The van der Waals surface area contributed by atoms with E-state index in [-0.39, 0.29) is 5.91 Å². The number of aromatic nitrogens is 2. The molecule has 0 aliphatic heterocycles. The summed E-state index contributed by atoms with van der Waals surface area (Å²) in [7, 11) is 0. The number of hydrogen-bond acceptors (Lipinski definition) is 3. The van der Waals surface area contributed by atoms with Crippen LogP contribution >= 0.6 is 11.6 Å². The summed E-state index contributed by atoms with van der Waals surface area (Å²) in [4.78, 5) is 12.3. The Balaban J connectivity index is 1.48. The molecule has 0 bridgehead atoms. The van der Waals surface area contributed by atoms with Gasteiger partial charge >= 0.3 is 0 Å². The molecule has 3 aromatic rings. The molecule has 3 rings (SSSR count). The molecule has 1 aromatic heterocycles. The molecule has 1 N–H and O–H groups in total. The molecule has 0 saturated heterocycles. The first-order valence-electron chi connectivity index (χ1n) is 8.85. The number of benzene rings is 2. The SMILES string of the molecule is Cc1cnn(CCCNC(=O)c2cccc(COc3ccccc3Cl)c2)c1. The number of aryl methyl sites for hydroxylation is 2. The summed E-state index contributed by atoms with van der Waals surface area (Å²) in [5.74, 6) is 0.536. The van der Waals surface area contributed by atoms with Crippen LogP contribution in [-0.4, -0.2) is 22.2 Å². The second-order valence-corrected chi connectivity index (χ2v) is 6.72. The Labute approximate surface area is 163 Å². The molecule has 2 aromatic carbocycles. The molecule has 0 aliphatic carbocycles. The minimum absolute atomic E-state index is 0.0914. The Bertz CT molecular complexity index is 908. The molecule has 1 amide bonds. The second kappa shape index (κ2) is 9.24. The molecule has 0 saturated carbocycles. The number of carbonyl (C=O) groups is 1. The van der Waals surface area contributed by atoms with Crippen molar-refractivity contribution in [2.75, 3.05) is 6.54 Å². The summed E-state index contributed by atoms with van der Waals surface area (Å²) in [6.45, 7) is 3.73. The molecule has 0 unspecified atom stereocenters. The van der Waals surface area contributed by atoms with Gasteiger partial charge in [0.1, 0.15) is 12.4 Å². The van der Waals surface area contributed by atoms with Gasteiger partial charge in [-0.25, -0.2) is 0 Å². The van der Waals surface area contributed by atoms with Crippen LogP contribution in [0.15, 0.2) is 60.9 Å². The Morgan fingerprint density at radius 1 is 1.22 bits per heavy atom. The number of carbonyl (C=O) groups excluding carboxylic acids is 1. The van der Waals surface area contributed by atoms with Crippen molar-refractivity contribution in [3.05, 3.63) is 82.6 Å². The quantitative estimate of drug-likeness (QED) is 0.592. The van der Waals surface area contributed by atoms with Crippen molar-refractivity contribution in [1.82, 2.24) is 15.1 Å². The number of halogens is 1. The van der Waals surface area contributed by atoms with Crippen LogP contribution in [0, 0.1) is 6.92 Å². The van der Waals surface area contributed by atoms with Gasteiger partial charge < -0.3 is 10.1 Å². The fourth-order valence-electron chi connectivity index (χ4n) is 2.66. The zero-order valence-corrected chi connectivity index (χ0v) is 15.9. The maximum Gasteiger partial charge on any atom is 0.251 e. The third-order valence-electron chi connectivity index (χ3n) is 4.03. The van der Waals surface area contributed by atoms with Crippen LogP contribution in [0.4, 0.5) is 0 Å². The summed E-state index contributed by atoms with van der Waals surface area (Å²) >= 11 is 6.09. The monoisotopic (exact) mass is 383 g/mol. The lowest BCUT2D eigenvalue weighted by atomic mass is 10.1. The predicted octanol–water partition coefficient (Wildman–Crippen LogP) is 4.24. The molecule has 1 heterocycles. The first-order valence-corrected chi connectivity index (χ1v) is 9.23. The molecular formula is C21H22ClN3O2. The average molecular weight is 384 g/mol. The van der Waals surface area contributed by atoms with E-state index in [0.29, 0.717) is 29.5 Å². The zero-order chi connectivity index (χ0) is 19.1. The van der Waals surface area contributed by atoms with Crippen LogP contribution in [0.3, 0.4) is 0 Å². The normalized spacial score (nSPS) is 10.6. The summed E-state index contributed by atoms with van der Waals surface area (Å²) in [5, 5.41) is 7.75. The Morgan fingerprint density at radius 2 is 2.07 bits per heavy atom. The topological polar surface area (TPSA) is 56.2 Å². The van der Waals surface area contributed by atoms with Gasteiger partial charge in [0.15, 0.2) is 0 Å². The highest BCUT2D eigenvalue weighted by molar-refractivity contribution is 6.32.